The second kappa shape index (κ2) is 8.12. The van der Waals surface area contributed by atoms with Crippen LogP contribution in [0.2, 0.25) is 0 Å². The van der Waals surface area contributed by atoms with Gasteiger partial charge >= 0.3 is 12.1 Å². The molecule has 2 aromatic heterocycles. The van der Waals surface area contributed by atoms with E-state index in [0.717, 1.165) is 10.4 Å². The zero-order valence-corrected chi connectivity index (χ0v) is 15.7. The molecular formula is C17H18N4O5S. The fraction of sp³-hybridized carbons (Fsp3) is 0.353. The molecule has 1 aliphatic heterocycles. The van der Waals surface area contributed by atoms with Crippen LogP contribution in [0.1, 0.15) is 38.2 Å². The van der Waals surface area contributed by atoms with Crippen LogP contribution in [0.4, 0.5) is 9.80 Å². The van der Waals surface area contributed by atoms with Crippen molar-refractivity contribution in [3.05, 3.63) is 40.3 Å². The number of fused-ring (bicyclic) bond motifs is 1. The molecule has 142 valence electrons. The number of anilines is 1. The number of nitrogens with zero attached hydrogens (tertiary/aromatic N) is 3. The molecule has 0 saturated carbocycles. The molecule has 3 rings (SSSR count). The molecule has 0 unspecified atom stereocenters. The van der Waals surface area contributed by atoms with Gasteiger partial charge in [-0.3, -0.25) is 9.78 Å². The molecule has 0 fully saturated rings. The summed E-state index contributed by atoms with van der Waals surface area (Å²) in [5.41, 5.74) is 1.23. The van der Waals surface area contributed by atoms with Crippen molar-refractivity contribution >= 4 is 34.3 Å². The van der Waals surface area contributed by atoms with Gasteiger partial charge < -0.3 is 19.7 Å². The van der Waals surface area contributed by atoms with Crippen molar-refractivity contribution in [1.29, 1.82) is 0 Å². The first-order valence-electron chi connectivity index (χ1n) is 8.27. The predicted molar refractivity (Wildman–Crippen MR) is 96.8 cm³/mol. The molecule has 0 aliphatic carbocycles. The molecule has 2 amide bonds. The van der Waals surface area contributed by atoms with Crippen molar-refractivity contribution in [1.82, 2.24) is 14.9 Å². The first-order valence-corrected chi connectivity index (χ1v) is 9.08. The molecule has 0 atom stereocenters. The highest BCUT2D eigenvalue weighted by Crippen LogP contribution is 2.38. The highest BCUT2D eigenvalue weighted by atomic mass is 32.1. The van der Waals surface area contributed by atoms with E-state index in [4.69, 9.17) is 9.47 Å². The van der Waals surface area contributed by atoms with Gasteiger partial charge in [-0.1, -0.05) is 0 Å². The third-order valence-corrected chi connectivity index (χ3v) is 5.13. The first-order chi connectivity index (χ1) is 13.0. The van der Waals surface area contributed by atoms with Gasteiger partial charge in [0.15, 0.2) is 0 Å². The summed E-state index contributed by atoms with van der Waals surface area (Å²) < 4.78 is 9.92. The second-order valence-electron chi connectivity index (χ2n) is 5.61. The molecule has 0 spiro atoms. The van der Waals surface area contributed by atoms with Crippen LogP contribution in [0.5, 0.6) is 0 Å². The van der Waals surface area contributed by atoms with E-state index in [-0.39, 0.29) is 5.69 Å². The minimum absolute atomic E-state index is 0.132. The van der Waals surface area contributed by atoms with Crippen LogP contribution in [-0.4, -0.2) is 53.1 Å². The summed E-state index contributed by atoms with van der Waals surface area (Å²) in [4.78, 5) is 46.9. The summed E-state index contributed by atoms with van der Waals surface area (Å²) in [6.45, 7) is 2.77. The molecule has 0 saturated heterocycles. The fourth-order valence-corrected chi connectivity index (χ4v) is 4.01. The molecule has 9 nitrogen and oxygen atoms in total. The SMILES string of the molecule is CCOC(=O)N1CCc2c(sc(NC(=O)c3cnccn3)c2C(=O)OC)C1. The van der Waals surface area contributed by atoms with Gasteiger partial charge in [0.1, 0.15) is 10.7 Å². The number of carbonyl (C=O) groups excluding carboxylic acids is 3. The van der Waals surface area contributed by atoms with E-state index in [9.17, 15) is 14.4 Å². The third-order valence-electron chi connectivity index (χ3n) is 4.00. The van der Waals surface area contributed by atoms with Crippen molar-refractivity contribution in [3.63, 3.8) is 0 Å². The Balaban J connectivity index is 1.90. The number of esters is 1. The number of ether oxygens (including phenoxy) is 2. The third kappa shape index (κ3) is 3.90. The van der Waals surface area contributed by atoms with Crippen LogP contribution < -0.4 is 5.32 Å². The highest BCUT2D eigenvalue weighted by molar-refractivity contribution is 7.17. The average molecular weight is 390 g/mol. The van der Waals surface area contributed by atoms with E-state index in [1.165, 1.54) is 37.0 Å². The van der Waals surface area contributed by atoms with Crippen LogP contribution in [0.3, 0.4) is 0 Å². The van der Waals surface area contributed by atoms with Crippen LogP contribution in [0.15, 0.2) is 18.6 Å². The maximum Gasteiger partial charge on any atom is 0.410 e. The van der Waals surface area contributed by atoms with Crippen molar-refractivity contribution in [2.75, 3.05) is 25.6 Å². The Morgan fingerprint density at radius 1 is 1.33 bits per heavy atom. The number of carbonyl (C=O) groups is 3. The van der Waals surface area contributed by atoms with Gasteiger partial charge in [-0.25, -0.2) is 14.6 Å². The highest BCUT2D eigenvalue weighted by Gasteiger charge is 2.31. The van der Waals surface area contributed by atoms with E-state index in [2.05, 4.69) is 15.3 Å². The lowest BCUT2D eigenvalue weighted by Gasteiger charge is -2.26. The maximum atomic E-state index is 12.4. The summed E-state index contributed by atoms with van der Waals surface area (Å²) in [5, 5.41) is 3.08. The van der Waals surface area contributed by atoms with E-state index < -0.39 is 18.0 Å². The van der Waals surface area contributed by atoms with Crippen LogP contribution in [0.25, 0.3) is 0 Å². The van der Waals surface area contributed by atoms with Crippen molar-refractivity contribution in [3.8, 4) is 0 Å². The lowest BCUT2D eigenvalue weighted by Crippen LogP contribution is -2.36. The second-order valence-corrected chi connectivity index (χ2v) is 6.72. The Bertz CT molecular complexity index is 868. The Morgan fingerprint density at radius 3 is 2.81 bits per heavy atom. The van der Waals surface area contributed by atoms with E-state index >= 15 is 0 Å². The summed E-state index contributed by atoms with van der Waals surface area (Å²) in [5.74, 6) is -1.01. The Hall–Kier alpha value is -3.01. The molecule has 0 aromatic carbocycles. The van der Waals surface area contributed by atoms with Gasteiger partial charge in [0.2, 0.25) is 0 Å². The van der Waals surface area contributed by atoms with E-state index in [1.54, 1.807) is 11.8 Å². The van der Waals surface area contributed by atoms with Crippen LogP contribution in [-0.2, 0) is 22.4 Å². The first kappa shape index (κ1) is 18.8. The van der Waals surface area contributed by atoms with Crippen molar-refractivity contribution in [2.24, 2.45) is 0 Å². The molecular weight excluding hydrogens is 372 g/mol. The number of rotatable bonds is 4. The van der Waals surface area contributed by atoms with Crippen LogP contribution >= 0.6 is 11.3 Å². The van der Waals surface area contributed by atoms with Gasteiger partial charge in [0.05, 0.1) is 32.0 Å². The number of amides is 2. The zero-order chi connectivity index (χ0) is 19.4. The molecule has 27 heavy (non-hydrogen) atoms. The van der Waals surface area contributed by atoms with Gasteiger partial charge in [-0.05, 0) is 18.9 Å². The Kier molecular flexibility index (Phi) is 5.65. The van der Waals surface area contributed by atoms with Gasteiger partial charge in [0.25, 0.3) is 5.91 Å². The summed E-state index contributed by atoms with van der Waals surface area (Å²) >= 11 is 1.24. The smallest absolute Gasteiger partial charge is 0.410 e. The fourth-order valence-electron chi connectivity index (χ4n) is 2.76. The lowest BCUT2D eigenvalue weighted by molar-refractivity contribution is 0.0600. The van der Waals surface area contributed by atoms with E-state index in [1.807, 2.05) is 0 Å². The van der Waals surface area contributed by atoms with Crippen molar-refractivity contribution in [2.45, 2.75) is 19.9 Å². The summed E-state index contributed by atoms with van der Waals surface area (Å²) in [6.07, 6.45) is 4.28. The summed E-state index contributed by atoms with van der Waals surface area (Å²) in [7, 11) is 1.29. The number of nitrogens with one attached hydrogen (secondary N) is 1. The van der Waals surface area contributed by atoms with Gasteiger partial charge in [0, 0.05) is 23.8 Å². The molecule has 3 heterocycles. The lowest BCUT2D eigenvalue weighted by atomic mass is 10.0. The predicted octanol–water partition coefficient (Wildman–Crippen LogP) is 2.09. The number of hydrogen-bond donors (Lipinski definition) is 1. The standard InChI is InChI=1S/C17H18N4O5S/c1-3-26-17(24)21-7-4-10-12(9-21)27-15(13(10)16(23)25-2)20-14(22)11-8-18-5-6-19-11/h5-6,8H,3-4,7,9H2,1-2H3,(H,20,22). The number of thiophene rings is 1. The van der Waals surface area contributed by atoms with Crippen molar-refractivity contribution < 1.29 is 23.9 Å². The van der Waals surface area contributed by atoms with Gasteiger partial charge in [-0.15, -0.1) is 11.3 Å². The molecule has 1 aliphatic rings. The molecule has 2 aromatic rings. The number of aromatic nitrogens is 2. The Labute approximate surface area is 159 Å². The monoisotopic (exact) mass is 390 g/mol. The number of hydrogen-bond acceptors (Lipinski definition) is 8. The molecule has 0 bridgehead atoms. The number of methoxy groups -OCH3 is 1. The Morgan fingerprint density at radius 2 is 2.15 bits per heavy atom. The van der Waals surface area contributed by atoms with E-state index in [0.29, 0.717) is 36.7 Å². The van der Waals surface area contributed by atoms with Gasteiger partial charge in [-0.2, -0.15) is 0 Å². The quantitative estimate of drug-likeness (QED) is 0.796. The summed E-state index contributed by atoms with van der Waals surface area (Å²) in [6, 6.07) is 0. The maximum absolute atomic E-state index is 12.4. The minimum Gasteiger partial charge on any atom is -0.465 e. The normalized spacial score (nSPS) is 12.9. The molecule has 1 N–H and O–H groups in total. The van der Waals surface area contributed by atoms with Crippen LogP contribution in [0, 0.1) is 0 Å². The zero-order valence-electron chi connectivity index (χ0n) is 14.9. The largest absolute Gasteiger partial charge is 0.465 e. The molecule has 0 radical (unpaired) electrons. The topological polar surface area (TPSA) is 111 Å². The minimum atomic E-state index is -0.536. The average Bonchev–Trinajstić information content (AvgIpc) is 3.05. The molecule has 10 heteroatoms.